The van der Waals surface area contributed by atoms with E-state index in [-0.39, 0.29) is 16.9 Å². The molecule has 1 aromatic carbocycles. The van der Waals surface area contributed by atoms with Crippen molar-refractivity contribution in [3.05, 3.63) is 51.3 Å². The highest BCUT2D eigenvalue weighted by molar-refractivity contribution is 5.92. The Bertz CT molecular complexity index is 706. The van der Waals surface area contributed by atoms with Crippen LogP contribution in [-0.4, -0.2) is 25.8 Å². The van der Waals surface area contributed by atoms with E-state index in [0.29, 0.717) is 12.8 Å². The van der Waals surface area contributed by atoms with E-state index < -0.39 is 10.9 Å². The highest BCUT2D eigenvalue weighted by atomic mass is 16.6. The standard InChI is InChI=1S/C14H15N3O4/c1-3-9-7-10(4-2)16(15-9)13-8-11(17(20)21)5-6-12(13)14(18)19/h5-8H,3-4H2,1-2H3,(H,18,19). The molecule has 0 saturated heterocycles. The Morgan fingerprint density at radius 1 is 1.33 bits per heavy atom. The van der Waals surface area contributed by atoms with Crippen molar-refractivity contribution < 1.29 is 14.8 Å². The Morgan fingerprint density at radius 2 is 2.05 bits per heavy atom. The lowest BCUT2D eigenvalue weighted by Crippen LogP contribution is -2.09. The second kappa shape index (κ2) is 5.74. The summed E-state index contributed by atoms with van der Waals surface area (Å²) in [6, 6.07) is 5.55. The minimum Gasteiger partial charge on any atom is -0.478 e. The number of carboxylic acids is 1. The van der Waals surface area contributed by atoms with E-state index in [2.05, 4.69) is 5.10 Å². The first-order valence-corrected chi connectivity index (χ1v) is 6.57. The molecule has 0 aliphatic carbocycles. The van der Waals surface area contributed by atoms with Crippen LogP contribution >= 0.6 is 0 Å². The van der Waals surface area contributed by atoms with Gasteiger partial charge in [-0.3, -0.25) is 10.1 Å². The number of aromatic carboxylic acids is 1. The van der Waals surface area contributed by atoms with E-state index >= 15 is 0 Å². The first-order chi connectivity index (χ1) is 9.97. The van der Waals surface area contributed by atoms with Crippen LogP contribution in [0.25, 0.3) is 5.69 Å². The number of rotatable bonds is 5. The maximum atomic E-state index is 11.3. The molecule has 0 bridgehead atoms. The summed E-state index contributed by atoms with van der Waals surface area (Å²) < 4.78 is 1.48. The monoisotopic (exact) mass is 289 g/mol. The number of nitro groups is 1. The van der Waals surface area contributed by atoms with Crippen LogP contribution in [0.15, 0.2) is 24.3 Å². The first-order valence-electron chi connectivity index (χ1n) is 6.57. The number of hydrogen-bond acceptors (Lipinski definition) is 4. The lowest BCUT2D eigenvalue weighted by Gasteiger charge is -2.09. The highest BCUT2D eigenvalue weighted by Gasteiger charge is 2.19. The zero-order chi connectivity index (χ0) is 15.6. The summed E-state index contributed by atoms with van der Waals surface area (Å²) in [6.45, 7) is 3.86. The molecular formula is C14H15N3O4. The Kier molecular flexibility index (Phi) is 4.02. The molecule has 110 valence electrons. The summed E-state index contributed by atoms with van der Waals surface area (Å²) in [6.07, 6.45) is 1.35. The van der Waals surface area contributed by atoms with Crippen LogP contribution in [0.3, 0.4) is 0 Å². The summed E-state index contributed by atoms with van der Waals surface area (Å²) in [5.41, 5.74) is 1.67. The molecule has 0 atom stereocenters. The second-order valence-corrected chi connectivity index (χ2v) is 4.51. The maximum Gasteiger partial charge on any atom is 0.337 e. The van der Waals surface area contributed by atoms with Crippen LogP contribution in [-0.2, 0) is 12.8 Å². The van der Waals surface area contributed by atoms with Crippen molar-refractivity contribution in [3.63, 3.8) is 0 Å². The summed E-state index contributed by atoms with van der Waals surface area (Å²) in [5.74, 6) is -1.14. The summed E-state index contributed by atoms with van der Waals surface area (Å²) in [7, 11) is 0. The minimum absolute atomic E-state index is 0.0129. The van der Waals surface area contributed by atoms with Crippen molar-refractivity contribution in [2.45, 2.75) is 26.7 Å². The number of benzene rings is 1. The van der Waals surface area contributed by atoms with Gasteiger partial charge in [0.15, 0.2) is 0 Å². The van der Waals surface area contributed by atoms with Gasteiger partial charge in [0.05, 0.1) is 21.9 Å². The van der Waals surface area contributed by atoms with Crippen LogP contribution in [0, 0.1) is 10.1 Å². The molecule has 1 heterocycles. The predicted octanol–water partition coefficient (Wildman–Crippen LogP) is 2.60. The molecule has 1 N–H and O–H groups in total. The number of carboxylic acid groups (broad SMARTS) is 1. The third-order valence-electron chi connectivity index (χ3n) is 3.21. The number of aromatic nitrogens is 2. The van der Waals surface area contributed by atoms with Crippen molar-refractivity contribution >= 4 is 11.7 Å². The molecule has 7 heteroatoms. The van der Waals surface area contributed by atoms with Gasteiger partial charge in [0.1, 0.15) is 0 Å². The summed E-state index contributed by atoms with van der Waals surface area (Å²) in [4.78, 5) is 21.7. The van der Waals surface area contributed by atoms with E-state index in [1.807, 2.05) is 19.9 Å². The Balaban J connectivity index is 2.70. The van der Waals surface area contributed by atoms with Crippen LogP contribution in [0.2, 0.25) is 0 Å². The molecule has 0 unspecified atom stereocenters. The lowest BCUT2D eigenvalue weighted by molar-refractivity contribution is -0.384. The van der Waals surface area contributed by atoms with Gasteiger partial charge in [-0.15, -0.1) is 0 Å². The molecule has 21 heavy (non-hydrogen) atoms. The smallest absolute Gasteiger partial charge is 0.337 e. The van der Waals surface area contributed by atoms with Gasteiger partial charge in [0, 0.05) is 17.8 Å². The van der Waals surface area contributed by atoms with Gasteiger partial charge in [-0.05, 0) is 25.0 Å². The molecule has 0 radical (unpaired) electrons. The number of nitrogens with zero attached hydrogens (tertiary/aromatic N) is 3. The summed E-state index contributed by atoms with van der Waals surface area (Å²) >= 11 is 0. The average Bonchev–Trinajstić information content (AvgIpc) is 2.89. The second-order valence-electron chi connectivity index (χ2n) is 4.51. The third kappa shape index (κ3) is 2.76. The highest BCUT2D eigenvalue weighted by Crippen LogP contribution is 2.23. The topological polar surface area (TPSA) is 98.3 Å². The largest absolute Gasteiger partial charge is 0.478 e. The first kappa shape index (κ1) is 14.7. The number of aryl methyl sites for hydroxylation is 2. The Labute approximate surface area is 121 Å². The number of hydrogen-bond donors (Lipinski definition) is 1. The molecule has 2 aromatic rings. The normalized spacial score (nSPS) is 10.6. The molecule has 0 spiro atoms. The van der Waals surface area contributed by atoms with E-state index in [1.54, 1.807) is 0 Å². The SMILES string of the molecule is CCc1cc(CC)n(-c2cc([N+](=O)[O-])ccc2C(=O)O)n1. The van der Waals surface area contributed by atoms with E-state index in [1.165, 1.54) is 22.9 Å². The molecule has 0 aliphatic rings. The van der Waals surface area contributed by atoms with Gasteiger partial charge in [-0.1, -0.05) is 13.8 Å². The zero-order valence-electron chi connectivity index (χ0n) is 11.7. The molecule has 2 rings (SSSR count). The molecule has 0 aliphatic heterocycles. The molecule has 1 aromatic heterocycles. The fourth-order valence-electron chi connectivity index (χ4n) is 2.10. The van der Waals surface area contributed by atoms with Gasteiger partial charge in [-0.25, -0.2) is 9.48 Å². The number of nitro benzene ring substituents is 1. The van der Waals surface area contributed by atoms with Crippen molar-refractivity contribution in [2.75, 3.05) is 0 Å². The fourth-order valence-corrected chi connectivity index (χ4v) is 2.10. The number of non-ortho nitro benzene ring substituents is 1. The quantitative estimate of drug-likeness (QED) is 0.673. The minimum atomic E-state index is -1.14. The van der Waals surface area contributed by atoms with Gasteiger partial charge < -0.3 is 5.11 Å². The number of carbonyl (C=O) groups is 1. The third-order valence-corrected chi connectivity index (χ3v) is 3.21. The maximum absolute atomic E-state index is 11.3. The summed E-state index contributed by atoms with van der Waals surface area (Å²) in [5, 5.41) is 24.5. The Morgan fingerprint density at radius 3 is 2.57 bits per heavy atom. The van der Waals surface area contributed by atoms with Crippen molar-refractivity contribution in [2.24, 2.45) is 0 Å². The van der Waals surface area contributed by atoms with E-state index in [9.17, 15) is 20.0 Å². The predicted molar refractivity (Wildman–Crippen MR) is 75.9 cm³/mol. The lowest BCUT2D eigenvalue weighted by atomic mass is 10.1. The fraction of sp³-hybridized carbons (Fsp3) is 0.286. The average molecular weight is 289 g/mol. The molecule has 0 saturated carbocycles. The molecule has 7 nitrogen and oxygen atoms in total. The van der Waals surface area contributed by atoms with Gasteiger partial charge in [-0.2, -0.15) is 5.10 Å². The van der Waals surface area contributed by atoms with Gasteiger partial charge >= 0.3 is 5.97 Å². The Hall–Kier alpha value is -2.70. The van der Waals surface area contributed by atoms with Crippen molar-refractivity contribution in [1.82, 2.24) is 9.78 Å². The van der Waals surface area contributed by atoms with Crippen LogP contribution < -0.4 is 0 Å². The van der Waals surface area contributed by atoms with Crippen LogP contribution in [0.4, 0.5) is 5.69 Å². The van der Waals surface area contributed by atoms with E-state index in [4.69, 9.17) is 0 Å². The molecular weight excluding hydrogens is 274 g/mol. The molecule has 0 fully saturated rings. The van der Waals surface area contributed by atoms with Gasteiger partial charge in [0.2, 0.25) is 0 Å². The van der Waals surface area contributed by atoms with E-state index in [0.717, 1.165) is 11.4 Å². The van der Waals surface area contributed by atoms with Gasteiger partial charge in [0.25, 0.3) is 5.69 Å². The molecule has 0 amide bonds. The van der Waals surface area contributed by atoms with Crippen molar-refractivity contribution in [3.8, 4) is 5.69 Å². The zero-order valence-corrected chi connectivity index (χ0v) is 11.7. The van der Waals surface area contributed by atoms with Crippen molar-refractivity contribution in [1.29, 1.82) is 0 Å². The van der Waals surface area contributed by atoms with Crippen LogP contribution in [0.1, 0.15) is 35.6 Å². The van der Waals surface area contributed by atoms with Crippen LogP contribution in [0.5, 0.6) is 0 Å².